The molecular weight excluding hydrogens is 280 g/mol. The monoisotopic (exact) mass is 302 g/mol. The van der Waals surface area contributed by atoms with Crippen molar-refractivity contribution < 1.29 is 9.90 Å². The highest BCUT2D eigenvalue weighted by molar-refractivity contribution is 5.95. The van der Waals surface area contributed by atoms with Gasteiger partial charge in [0.25, 0.3) is 5.91 Å². The van der Waals surface area contributed by atoms with Crippen molar-refractivity contribution in [2.45, 2.75) is 32.9 Å². The van der Waals surface area contributed by atoms with Gasteiger partial charge in [-0.1, -0.05) is 13.0 Å². The molecule has 0 fully saturated rings. The zero-order valence-electron chi connectivity index (χ0n) is 13.2. The highest BCUT2D eigenvalue weighted by atomic mass is 16.3. The van der Waals surface area contributed by atoms with Crippen molar-refractivity contribution in [1.29, 1.82) is 0 Å². The molecule has 118 valence electrons. The number of amides is 1. The first-order chi connectivity index (χ1) is 10.6. The van der Waals surface area contributed by atoms with Crippen molar-refractivity contribution in [2.24, 2.45) is 7.05 Å². The Morgan fingerprint density at radius 2 is 2.23 bits per heavy atom. The summed E-state index contributed by atoms with van der Waals surface area (Å²) in [4.78, 5) is 18.7. The smallest absolute Gasteiger partial charge is 0.257 e. The van der Waals surface area contributed by atoms with Crippen LogP contribution in [0.3, 0.4) is 0 Å². The molecule has 0 aliphatic rings. The molecule has 1 amide bonds. The van der Waals surface area contributed by atoms with Crippen molar-refractivity contribution in [1.82, 2.24) is 19.7 Å². The van der Waals surface area contributed by atoms with E-state index in [1.165, 1.54) is 0 Å². The Bertz CT molecular complexity index is 620. The van der Waals surface area contributed by atoms with Crippen molar-refractivity contribution >= 4 is 5.91 Å². The number of rotatable bonds is 6. The normalized spacial score (nSPS) is 12.2. The molecule has 2 aromatic heterocycles. The molecule has 0 bridgehead atoms. The SMILES string of the molecule is CC[C@H](CO)N(Cc1cccnc1)C(=O)c1cnn(C)c1C. The zero-order chi connectivity index (χ0) is 16.1. The third kappa shape index (κ3) is 3.33. The summed E-state index contributed by atoms with van der Waals surface area (Å²) in [5.74, 6) is -0.115. The first-order valence-corrected chi connectivity index (χ1v) is 7.37. The highest BCUT2D eigenvalue weighted by Gasteiger charge is 2.25. The molecule has 1 N–H and O–H groups in total. The standard InChI is InChI=1S/C16H22N4O2/c1-4-14(11-21)20(10-13-6-5-7-17-8-13)16(22)15-9-18-19(3)12(15)2/h5-9,14,21H,4,10-11H2,1-3H3/t14-/m1/s1. The summed E-state index contributed by atoms with van der Waals surface area (Å²) >= 11 is 0. The first kappa shape index (κ1) is 16.2. The van der Waals surface area contributed by atoms with Crippen LogP contribution in [0.4, 0.5) is 0 Å². The largest absolute Gasteiger partial charge is 0.394 e. The van der Waals surface area contributed by atoms with Crippen LogP contribution in [0, 0.1) is 6.92 Å². The van der Waals surface area contributed by atoms with Crippen molar-refractivity contribution in [3.63, 3.8) is 0 Å². The van der Waals surface area contributed by atoms with Gasteiger partial charge in [0.05, 0.1) is 24.4 Å². The van der Waals surface area contributed by atoms with Crippen LogP contribution in [0.25, 0.3) is 0 Å². The number of aryl methyl sites for hydroxylation is 1. The number of carbonyl (C=O) groups excluding carboxylic acids is 1. The van der Waals surface area contributed by atoms with Gasteiger partial charge in [0.15, 0.2) is 0 Å². The lowest BCUT2D eigenvalue weighted by Crippen LogP contribution is -2.41. The Kier molecular flexibility index (Phi) is 5.27. The molecular formula is C16H22N4O2. The third-order valence-corrected chi connectivity index (χ3v) is 3.92. The first-order valence-electron chi connectivity index (χ1n) is 7.37. The van der Waals surface area contributed by atoms with E-state index in [4.69, 9.17) is 0 Å². The minimum Gasteiger partial charge on any atom is -0.394 e. The number of aromatic nitrogens is 3. The third-order valence-electron chi connectivity index (χ3n) is 3.92. The fourth-order valence-corrected chi connectivity index (χ4v) is 2.37. The molecule has 0 saturated carbocycles. The van der Waals surface area contributed by atoms with Crippen molar-refractivity contribution in [3.05, 3.63) is 47.5 Å². The maximum absolute atomic E-state index is 12.9. The molecule has 0 unspecified atom stereocenters. The van der Waals surface area contributed by atoms with E-state index in [-0.39, 0.29) is 18.6 Å². The maximum atomic E-state index is 12.9. The second-order valence-corrected chi connectivity index (χ2v) is 5.31. The molecule has 0 aromatic carbocycles. The Morgan fingerprint density at radius 3 is 2.73 bits per heavy atom. The van der Waals surface area contributed by atoms with Gasteiger partial charge in [0.1, 0.15) is 0 Å². The molecule has 6 nitrogen and oxygen atoms in total. The van der Waals surface area contributed by atoms with E-state index in [0.717, 1.165) is 11.3 Å². The summed E-state index contributed by atoms with van der Waals surface area (Å²) in [6.45, 7) is 4.17. The number of hydrogen-bond donors (Lipinski definition) is 1. The van der Waals surface area contributed by atoms with Crippen LogP contribution in [-0.2, 0) is 13.6 Å². The Labute approximate surface area is 130 Å². The molecule has 0 spiro atoms. The Hall–Kier alpha value is -2.21. The van der Waals surface area contributed by atoms with Crippen LogP contribution in [0.5, 0.6) is 0 Å². The van der Waals surface area contributed by atoms with E-state index in [9.17, 15) is 9.90 Å². The lowest BCUT2D eigenvalue weighted by atomic mass is 10.1. The predicted molar refractivity (Wildman–Crippen MR) is 83.2 cm³/mol. The van der Waals surface area contributed by atoms with Crippen LogP contribution in [-0.4, -0.2) is 43.3 Å². The Balaban J connectivity index is 2.31. The van der Waals surface area contributed by atoms with Gasteiger partial charge in [-0.3, -0.25) is 14.5 Å². The molecule has 0 saturated heterocycles. The number of aliphatic hydroxyl groups is 1. The van der Waals surface area contributed by atoms with Gasteiger partial charge in [-0.05, 0) is 25.0 Å². The molecule has 0 aliphatic carbocycles. The molecule has 22 heavy (non-hydrogen) atoms. The maximum Gasteiger partial charge on any atom is 0.257 e. The zero-order valence-corrected chi connectivity index (χ0v) is 13.2. The number of pyridine rings is 1. The van der Waals surface area contributed by atoms with E-state index >= 15 is 0 Å². The van der Waals surface area contributed by atoms with E-state index in [1.807, 2.05) is 26.0 Å². The lowest BCUT2D eigenvalue weighted by Gasteiger charge is -2.30. The second-order valence-electron chi connectivity index (χ2n) is 5.31. The van der Waals surface area contributed by atoms with Crippen LogP contribution in [0.15, 0.2) is 30.7 Å². The van der Waals surface area contributed by atoms with Crippen molar-refractivity contribution in [2.75, 3.05) is 6.61 Å². The molecule has 2 aromatic rings. The topological polar surface area (TPSA) is 71.2 Å². The lowest BCUT2D eigenvalue weighted by molar-refractivity contribution is 0.0562. The number of aliphatic hydroxyl groups excluding tert-OH is 1. The fraction of sp³-hybridized carbons (Fsp3) is 0.438. The van der Waals surface area contributed by atoms with Crippen LogP contribution in [0.1, 0.15) is 35.0 Å². The number of nitrogens with zero attached hydrogens (tertiary/aromatic N) is 4. The van der Waals surface area contributed by atoms with E-state index in [0.29, 0.717) is 18.5 Å². The van der Waals surface area contributed by atoms with Crippen LogP contribution in [0.2, 0.25) is 0 Å². The van der Waals surface area contributed by atoms with Gasteiger partial charge in [-0.15, -0.1) is 0 Å². The quantitative estimate of drug-likeness (QED) is 0.878. The minimum atomic E-state index is -0.229. The average Bonchev–Trinajstić information content (AvgIpc) is 2.87. The van der Waals surface area contributed by atoms with Gasteiger partial charge in [-0.25, -0.2) is 0 Å². The average molecular weight is 302 g/mol. The van der Waals surface area contributed by atoms with Gasteiger partial charge in [0, 0.05) is 31.7 Å². The van der Waals surface area contributed by atoms with E-state index in [2.05, 4.69) is 10.1 Å². The van der Waals surface area contributed by atoms with Crippen LogP contribution < -0.4 is 0 Å². The Morgan fingerprint density at radius 1 is 1.45 bits per heavy atom. The second kappa shape index (κ2) is 7.17. The predicted octanol–water partition coefficient (Wildman–Crippen LogP) is 1.54. The molecule has 2 rings (SSSR count). The van der Waals surface area contributed by atoms with Gasteiger partial charge >= 0.3 is 0 Å². The summed E-state index contributed by atoms with van der Waals surface area (Å²) in [5, 5.41) is 13.7. The van der Waals surface area contributed by atoms with Gasteiger partial charge < -0.3 is 10.0 Å². The molecule has 6 heteroatoms. The molecule has 0 aliphatic heterocycles. The van der Waals surface area contributed by atoms with Crippen LogP contribution >= 0.6 is 0 Å². The van der Waals surface area contributed by atoms with Crippen molar-refractivity contribution in [3.8, 4) is 0 Å². The summed E-state index contributed by atoms with van der Waals surface area (Å²) in [6, 6.07) is 3.54. The number of carbonyl (C=O) groups is 1. The summed E-state index contributed by atoms with van der Waals surface area (Å²) in [6.07, 6.45) is 5.70. The molecule has 1 atom stereocenters. The molecule has 0 radical (unpaired) electrons. The number of hydrogen-bond acceptors (Lipinski definition) is 4. The van der Waals surface area contributed by atoms with Gasteiger partial charge in [-0.2, -0.15) is 5.10 Å². The van der Waals surface area contributed by atoms with E-state index in [1.54, 1.807) is 35.2 Å². The highest BCUT2D eigenvalue weighted by Crippen LogP contribution is 2.17. The summed E-state index contributed by atoms with van der Waals surface area (Å²) in [5.41, 5.74) is 2.32. The van der Waals surface area contributed by atoms with E-state index < -0.39 is 0 Å². The van der Waals surface area contributed by atoms with Gasteiger partial charge in [0.2, 0.25) is 0 Å². The fourth-order valence-electron chi connectivity index (χ4n) is 2.37. The minimum absolute atomic E-state index is 0.0676. The summed E-state index contributed by atoms with van der Waals surface area (Å²) < 4.78 is 1.68. The summed E-state index contributed by atoms with van der Waals surface area (Å²) in [7, 11) is 1.81. The molecule has 2 heterocycles.